The Morgan fingerprint density at radius 1 is 1.33 bits per heavy atom. The second-order valence-electron chi connectivity index (χ2n) is 5.58. The Bertz CT molecular complexity index is 470. The molecule has 1 fully saturated rings. The number of aliphatic hydroxyl groups is 1. The molecule has 0 spiro atoms. The lowest BCUT2D eigenvalue weighted by Crippen LogP contribution is -2.45. The fraction of sp³-hybridized carbons (Fsp3) is 0.562. The molecule has 0 saturated carbocycles. The van der Waals surface area contributed by atoms with E-state index in [-0.39, 0.29) is 5.91 Å². The van der Waals surface area contributed by atoms with Gasteiger partial charge < -0.3 is 15.3 Å². The molecule has 1 aromatic carbocycles. The van der Waals surface area contributed by atoms with Crippen LogP contribution >= 0.6 is 11.8 Å². The lowest BCUT2D eigenvalue weighted by Gasteiger charge is -2.31. The van der Waals surface area contributed by atoms with Crippen LogP contribution in [0.2, 0.25) is 0 Å². The van der Waals surface area contributed by atoms with Crippen molar-refractivity contribution < 1.29 is 9.90 Å². The van der Waals surface area contributed by atoms with Crippen molar-refractivity contribution in [3.63, 3.8) is 0 Å². The van der Waals surface area contributed by atoms with Crippen LogP contribution in [0.25, 0.3) is 0 Å². The number of hydrogen-bond donors (Lipinski definition) is 2. The highest BCUT2D eigenvalue weighted by Gasteiger charge is 2.29. The van der Waals surface area contributed by atoms with E-state index in [2.05, 4.69) is 17.1 Å². The number of carbonyl (C=O) groups is 1. The lowest BCUT2D eigenvalue weighted by molar-refractivity contribution is 0.0311. The third-order valence-electron chi connectivity index (χ3n) is 4.05. The van der Waals surface area contributed by atoms with Gasteiger partial charge >= 0.3 is 0 Å². The van der Waals surface area contributed by atoms with E-state index in [1.807, 2.05) is 43.1 Å². The molecule has 2 rings (SSSR count). The third-order valence-corrected chi connectivity index (χ3v) is 5.03. The molecule has 1 heterocycles. The smallest absolute Gasteiger partial charge is 0.251 e. The van der Waals surface area contributed by atoms with Gasteiger partial charge in [-0.3, -0.25) is 4.79 Å². The van der Waals surface area contributed by atoms with Crippen LogP contribution in [0, 0.1) is 0 Å². The van der Waals surface area contributed by atoms with Gasteiger partial charge in [-0.2, -0.15) is 11.8 Å². The van der Waals surface area contributed by atoms with E-state index in [4.69, 9.17) is 0 Å². The van der Waals surface area contributed by atoms with Crippen LogP contribution in [0.3, 0.4) is 0 Å². The molecule has 2 N–H and O–H groups in total. The van der Waals surface area contributed by atoms with Crippen molar-refractivity contribution in [3.8, 4) is 0 Å². The molecule has 0 bridgehead atoms. The Hall–Kier alpha value is -1.20. The summed E-state index contributed by atoms with van der Waals surface area (Å²) < 4.78 is 0. The molecule has 116 valence electrons. The summed E-state index contributed by atoms with van der Waals surface area (Å²) in [5.41, 5.74) is 0.998. The Balaban J connectivity index is 1.91. The van der Waals surface area contributed by atoms with Crippen LogP contribution in [-0.4, -0.2) is 48.3 Å². The minimum absolute atomic E-state index is 0.118. The molecule has 4 nitrogen and oxygen atoms in total. The summed E-state index contributed by atoms with van der Waals surface area (Å²) in [7, 11) is 2.02. The van der Waals surface area contributed by atoms with Gasteiger partial charge in [0.25, 0.3) is 5.91 Å². The highest BCUT2D eigenvalue weighted by molar-refractivity contribution is 7.99. The molecule has 0 atom stereocenters. The minimum Gasteiger partial charge on any atom is -0.388 e. The molecule has 21 heavy (non-hydrogen) atoms. The average Bonchev–Trinajstić information content (AvgIpc) is 2.53. The van der Waals surface area contributed by atoms with Crippen molar-refractivity contribution in [2.24, 2.45) is 0 Å². The first-order valence-electron chi connectivity index (χ1n) is 7.43. The number of anilines is 1. The first kappa shape index (κ1) is 16.2. The quantitative estimate of drug-likeness (QED) is 0.875. The molecule has 0 aliphatic carbocycles. The van der Waals surface area contributed by atoms with Gasteiger partial charge in [-0.25, -0.2) is 0 Å². The van der Waals surface area contributed by atoms with E-state index in [9.17, 15) is 9.90 Å². The van der Waals surface area contributed by atoms with E-state index in [0.717, 1.165) is 36.6 Å². The second-order valence-corrected chi connectivity index (χ2v) is 6.81. The summed E-state index contributed by atoms with van der Waals surface area (Å²) in [4.78, 5) is 14.3. The molecule has 1 aliphatic heterocycles. The molecule has 1 amide bonds. The van der Waals surface area contributed by atoms with E-state index < -0.39 is 5.60 Å². The van der Waals surface area contributed by atoms with Gasteiger partial charge in [0, 0.05) is 31.4 Å². The fourth-order valence-electron chi connectivity index (χ4n) is 2.32. The zero-order chi connectivity index (χ0) is 15.3. The molecule has 1 aromatic rings. The van der Waals surface area contributed by atoms with Crippen molar-refractivity contribution in [2.45, 2.75) is 25.4 Å². The molecule has 0 aromatic heterocycles. The van der Waals surface area contributed by atoms with Gasteiger partial charge in [0.2, 0.25) is 0 Å². The van der Waals surface area contributed by atoms with Gasteiger partial charge in [0.05, 0.1) is 5.60 Å². The predicted octanol–water partition coefficient (Wildman–Crippen LogP) is 2.13. The lowest BCUT2D eigenvalue weighted by atomic mass is 9.97. The maximum Gasteiger partial charge on any atom is 0.251 e. The minimum atomic E-state index is -0.733. The summed E-state index contributed by atoms with van der Waals surface area (Å²) in [5, 5.41) is 13.2. The van der Waals surface area contributed by atoms with E-state index >= 15 is 0 Å². The summed E-state index contributed by atoms with van der Waals surface area (Å²) in [6.45, 7) is 3.35. The van der Waals surface area contributed by atoms with E-state index in [1.165, 1.54) is 0 Å². The topological polar surface area (TPSA) is 52.6 Å². The number of amides is 1. The molecule has 0 unspecified atom stereocenters. The number of nitrogens with zero attached hydrogens (tertiary/aromatic N) is 1. The first-order valence-corrected chi connectivity index (χ1v) is 8.59. The summed E-state index contributed by atoms with van der Waals surface area (Å²) in [6, 6.07) is 7.56. The van der Waals surface area contributed by atoms with Crippen molar-refractivity contribution in [2.75, 3.05) is 36.5 Å². The SMILES string of the molecule is CCN(C)c1ccc(C(=O)NCC2(O)CCSCC2)cc1. The highest BCUT2D eigenvalue weighted by atomic mass is 32.2. The largest absolute Gasteiger partial charge is 0.388 e. The molecule has 5 heteroatoms. The zero-order valence-corrected chi connectivity index (χ0v) is 13.6. The molecule has 1 aliphatic rings. The number of benzene rings is 1. The number of carbonyl (C=O) groups excluding carboxylic acids is 1. The van der Waals surface area contributed by atoms with Gasteiger partial charge in [0.15, 0.2) is 0 Å². The molecule has 1 saturated heterocycles. The van der Waals surface area contributed by atoms with Crippen LogP contribution in [0.4, 0.5) is 5.69 Å². The van der Waals surface area contributed by atoms with Gasteiger partial charge in [0.1, 0.15) is 0 Å². The van der Waals surface area contributed by atoms with Gasteiger partial charge in [-0.1, -0.05) is 0 Å². The highest BCUT2D eigenvalue weighted by Crippen LogP contribution is 2.26. The summed E-state index contributed by atoms with van der Waals surface area (Å²) >= 11 is 1.86. The maximum absolute atomic E-state index is 12.1. The number of nitrogens with one attached hydrogen (secondary N) is 1. The summed E-state index contributed by atoms with van der Waals surface area (Å²) in [5.74, 6) is 1.81. The standard InChI is InChI=1S/C16H24N2O2S/c1-3-18(2)14-6-4-13(5-7-14)15(19)17-12-16(20)8-10-21-11-9-16/h4-7,20H,3,8-12H2,1-2H3,(H,17,19). The number of hydrogen-bond acceptors (Lipinski definition) is 4. The Morgan fingerprint density at radius 3 is 2.52 bits per heavy atom. The van der Waals surface area contributed by atoms with Crippen molar-refractivity contribution in [3.05, 3.63) is 29.8 Å². The van der Waals surface area contributed by atoms with Crippen LogP contribution in [-0.2, 0) is 0 Å². The van der Waals surface area contributed by atoms with Crippen molar-refractivity contribution >= 4 is 23.4 Å². The third kappa shape index (κ3) is 4.38. The normalized spacial score (nSPS) is 17.3. The number of rotatable bonds is 5. The zero-order valence-electron chi connectivity index (χ0n) is 12.8. The molecular formula is C16H24N2O2S. The van der Waals surface area contributed by atoms with Crippen molar-refractivity contribution in [1.82, 2.24) is 5.32 Å². The Kier molecular flexibility index (Phi) is 5.53. The Labute approximate surface area is 130 Å². The predicted molar refractivity (Wildman–Crippen MR) is 89.2 cm³/mol. The van der Waals surface area contributed by atoms with Crippen LogP contribution in [0.1, 0.15) is 30.1 Å². The monoisotopic (exact) mass is 308 g/mol. The van der Waals surface area contributed by atoms with Crippen molar-refractivity contribution in [1.29, 1.82) is 0 Å². The average molecular weight is 308 g/mol. The second kappa shape index (κ2) is 7.18. The van der Waals surface area contributed by atoms with Crippen LogP contribution in [0.15, 0.2) is 24.3 Å². The maximum atomic E-state index is 12.1. The van der Waals surface area contributed by atoms with E-state index in [1.54, 1.807) is 0 Å². The Morgan fingerprint density at radius 2 is 1.95 bits per heavy atom. The van der Waals surface area contributed by atoms with E-state index in [0.29, 0.717) is 12.1 Å². The fourth-order valence-corrected chi connectivity index (χ4v) is 3.58. The van der Waals surface area contributed by atoms with Gasteiger partial charge in [-0.15, -0.1) is 0 Å². The van der Waals surface area contributed by atoms with Crippen LogP contribution < -0.4 is 10.2 Å². The van der Waals surface area contributed by atoms with Crippen LogP contribution in [0.5, 0.6) is 0 Å². The number of thioether (sulfide) groups is 1. The summed E-state index contributed by atoms with van der Waals surface area (Å²) in [6.07, 6.45) is 1.50. The molecular weight excluding hydrogens is 284 g/mol. The van der Waals surface area contributed by atoms with Gasteiger partial charge in [-0.05, 0) is 55.5 Å². The first-order chi connectivity index (χ1) is 10.0. The molecule has 0 radical (unpaired) electrons.